The van der Waals surface area contributed by atoms with Gasteiger partial charge < -0.3 is 8.98 Å². The maximum Gasteiger partial charge on any atom is 0.164 e. The van der Waals surface area contributed by atoms with Crippen LogP contribution in [0.1, 0.15) is 21.9 Å². The largest absolute Gasteiger partial charge is 0.456 e. The lowest BCUT2D eigenvalue weighted by atomic mass is 10.0. The van der Waals surface area contributed by atoms with Crippen LogP contribution in [0.15, 0.2) is 198 Å². The van der Waals surface area contributed by atoms with Gasteiger partial charge in [-0.15, -0.1) is 0 Å². The van der Waals surface area contributed by atoms with Gasteiger partial charge in [0.1, 0.15) is 11.2 Å². The van der Waals surface area contributed by atoms with Crippen molar-refractivity contribution in [3.8, 4) is 62.1 Å². The van der Waals surface area contributed by atoms with Gasteiger partial charge in [0, 0.05) is 43.9 Å². The van der Waals surface area contributed by atoms with Crippen LogP contribution in [0, 0.1) is 0 Å². The molecule has 0 N–H and O–H groups in total. The van der Waals surface area contributed by atoms with Gasteiger partial charge in [0.25, 0.3) is 0 Å². The number of nitrogens with zero attached hydrogens (tertiary/aromatic N) is 4. The summed E-state index contributed by atoms with van der Waals surface area (Å²) in [6, 6.07) is 17.6. The zero-order chi connectivity index (χ0) is 50.9. The van der Waals surface area contributed by atoms with Gasteiger partial charge in [0.15, 0.2) is 17.5 Å². The molecule has 8 aromatic carbocycles. The van der Waals surface area contributed by atoms with E-state index in [1.807, 2.05) is 66.7 Å². The van der Waals surface area contributed by atoms with Crippen LogP contribution < -0.4 is 0 Å². The van der Waals surface area contributed by atoms with E-state index in [0.717, 1.165) is 21.1 Å². The summed E-state index contributed by atoms with van der Waals surface area (Å²) in [6.45, 7) is 0. The van der Waals surface area contributed by atoms with Gasteiger partial charge in [-0.25, -0.2) is 15.0 Å². The van der Waals surface area contributed by atoms with Gasteiger partial charge in [-0.05, 0) is 58.6 Å². The molecule has 0 aliphatic rings. The molecule has 0 fully saturated rings. The Kier molecular flexibility index (Phi) is 4.57. The van der Waals surface area contributed by atoms with Gasteiger partial charge in [0.05, 0.1) is 33.0 Å². The van der Waals surface area contributed by atoms with E-state index in [2.05, 4.69) is 0 Å². The van der Waals surface area contributed by atoms with Crippen molar-refractivity contribution < 1.29 is 26.3 Å². The summed E-state index contributed by atoms with van der Waals surface area (Å²) in [4.78, 5) is 14.7. The number of aromatic nitrogens is 4. The quantitative estimate of drug-likeness (QED) is 0.171. The van der Waals surface area contributed by atoms with E-state index in [9.17, 15) is 11.0 Å². The molecule has 0 aliphatic heterocycles. The van der Waals surface area contributed by atoms with E-state index >= 15 is 0 Å². The number of rotatable bonds is 6. The number of benzene rings is 8. The molecule has 0 saturated carbocycles. The lowest BCUT2D eigenvalue weighted by molar-refractivity contribution is 0.669. The molecule has 5 heteroatoms. The Bertz CT molecular complexity index is 4120. The van der Waals surface area contributed by atoms with Crippen LogP contribution in [0.2, 0.25) is 0 Å². The Hall–Kier alpha value is -7.63. The first-order valence-electron chi connectivity index (χ1n) is 25.5. The molecule has 0 unspecified atom stereocenters. The second-order valence-corrected chi connectivity index (χ2v) is 12.8. The second kappa shape index (κ2) is 13.0. The average Bonchev–Trinajstić information content (AvgIpc) is 3.96. The minimum atomic E-state index is -0.879. The SMILES string of the molecule is [2H]c1c([2H])c([2H])c(-c2c([2H])c([2H])c(-n3c4c([2H])c([2H])c([2H])c([2H])c4c4c([2H])c([2H])c(-c5nc(-c6ccc(-c7ccccc7)cc6)nc(-c6cccc7oc8ccccc8c67)n5)c([2H])c43)c([2H])c2[2H])c([2H])c1[2H]. The maximum atomic E-state index is 10.0. The summed E-state index contributed by atoms with van der Waals surface area (Å²) in [7, 11) is 0. The van der Waals surface area contributed by atoms with Crippen LogP contribution in [-0.2, 0) is 0 Å². The van der Waals surface area contributed by atoms with Crippen molar-refractivity contribution >= 4 is 43.7 Å². The van der Waals surface area contributed by atoms with Crippen LogP contribution >= 0.6 is 0 Å². The van der Waals surface area contributed by atoms with E-state index < -0.39 is 125 Å². The van der Waals surface area contributed by atoms with E-state index in [0.29, 0.717) is 27.7 Å². The number of fused-ring (bicyclic) bond motifs is 6. The van der Waals surface area contributed by atoms with Crippen molar-refractivity contribution in [1.82, 2.24) is 19.5 Å². The number of furan rings is 1. The minimum Gasteiger partial charge on any atom is -0.456 e. The molecule has 0 atom stereocenters. The lowest BCUT2D eigenvalue weighted by Crippen LogP contribution is -2.01. The molecule has 262 valence electrons. The molecule has 0 bridgehead atoms. The predicted octanol–water partition coefficient (Wildman–Crippen LogP) is 13.2. The van der Waals surface area contributed by atoms with Crippen molar-refractivity contribution in [3.63, 3.8) is 0 Å². The highest BCUT2D eigenvalue weighted by Gasteiger charge is 2.19. The minimum absolute atomic E-state index is 0.0904. The zero-order valence-corrected chi connectivity index (χ0v) is 28.9. The summed E-state index contributed by atoms with van der Waals surface area (Å²) in [5.41, 5.74) is 0.829. The Morgan fingerprint density at radius 2 is 1.04 bits per heavy atom. The molecule has 0 radical (unpaired) electrons. The van der Waals surface area contributed by atoms with Crippen LogP contribution in [0.4, 0.5) is 0 Å². The predicted molar refractivity (Wildman–Crippen MR) is 229 cm³/mol. The molecular weight excluding hydrogens is 685 g/mol. The molecule has 11 rings (SSSR count). The van der Waals surface area contributed by atoms with Crippen molar-refractivity contribution in [3.05, 3.63) is 194 Å². The van der Waals surface area contributed by atoms with Gasteiger partial charge in [-0.2, -0.15) is 0 Å². The fraction of sp³-hybridized carbons (Fsp3) is 0. The zero-order valence-electron chi connectivity index (χ0n) is 44.9. The second-order valence-electron chi connectivity index (χ2n) is 12.8. The third-order valence-corrected chi connectivity index (χ3v) is 9.50. The number of para-hydroxylation sites is 2. The lowest BCUT2D eigenvalue weighted by Gasteiger charge is -2.12. The molecule has 11 aromatic rings. The molecule has 56 heavy (non-hydrogen) atoms. The first-order valence-corrected chi connectivity index (χ1v) is 17.5. The summed E-state index contributed by atoms with van der Waals surface area (Å²) in [5.74, 6) is -0.0785. The molecule has 0 saturated heterocycles. The third-order valence-electron chi connectivity index (χ3n) is 9.50. The first kappa shape index (κ1) is 19.6. The normalized spacial score (nSPS) is 15.6. The summed E-state index contributed by atoms with van der Waals surface area (Å²) >= 11 is 0. The van der Waals surface area contributed by atoms with E-state index in [1.165, 1.54) is 0 Å². The Balaban J connectivity index is 1.25. The van der Waals surface area contributed by atoms with Gasteiger partial charge >= 0.3 is 0 Å². The fourth-order valence-corrected chi connectivity index (χ4v) is 6.91. The highest BCUT2D eigenvalue weighted by molar-refractivity contribution is 6.12. The molecule has 3 aromatic heterocycles. The van der Waals surface area contributed by atoms with E-state index in [1.54, 1.807) is 30.3 Å². The van der Waals surface area contributed by atoms with Crippen molar-refractivity contribution in [1.29, 1.82) is 0 Å². The van der Waals surface area contributed by atoms with Gasteiger partial charge in [0.2, 0.25) is 0 Å². The van der Waals surface area contributed by atoms with Crippen LogP contribution in [0.3, 0.4) is 0 Å². The molecule has 0 spiro atoms. The smallest absolute Gasteiger partial charge is 0.164 e. The van der Waals surface area contributed by atoms with E-state index in [4.69, 9.17) is 30.3 Å². The average molecular weight is 733 g/mol. The fourth-order valence-electron chi connectivity index (χ4n) is 6.91. The number of hydrogen-bond acceptors (Lipinski definition) is 4. The maximum absolute atomic E-state index is 10.0. The van der Waals surface area contributed by atoms with Crippen LogP contribution in [0.25, 0.3) is 106 Å². The highest BCUT2D eigenvalue weighted by Crippen LogP contribution is 2.38. The van der Waals surface area contributed by atoms with Crippen LogP contribution in [-0.4, -0.2) is 19.5 Å². The molecule has 3 heterocycles. The van der Waals surface area contributed by atoms with Crippen molar-refractivity contribution in [2.45, 2.75) is 0 Å². The Morgan fingerprint density at radius 1 is 0.411 bits per heavy atom. The number of hydrogen-bond donors (Lipinski definition) is 0. The topological polar surface area (TPSA) is 56.7 Å². The summed E-state index contributed by atoms with van der Waals surface area (Å²) < 4.78 is 151. The third kappa shape index (κ3) is 5.37. The molecule has 5 nitrogen and oxygen atoms in total. The van der Waals surface area contributed by atoms with Gasteiger partial charge in [-0.3, -0.25) is 0 Å². The molecule has 0 amide bonds. The van der Waals surface area contributed by atoms with Crippen molar-refractivity contribution in [2.24, 2.45) is 0 Å². The standard InChI is InChI=1S/C51H32N4O/c1-3-12-33(13-4-1)35-22-24-37(25-23-35)49-52-50(54-51(53-49)43-18-11-21-47-48(43)42-17-8-10-20-46(42)56-47)38-28-31-41-40-16-7-9-19-44(40)55(45(41)32-38)39-29-26-36(27-30-39)34-14-5-2-6-15-34/h1-32H/i2D,5D,6D,7D,9D,14D,15D,16D,19D,26D,27D,28D,29D,30D,31D,32D. The molecular formula is C51H32N4O. The summed E-state index contributed by atoms with van der Waals surface area (Å²) in [6.07, 6.45) is 0. The van der Waals surface area contributed by atoms with Crippen LogP contribution in [0.5, 0.6) is 0 Å². The monoisotopic (exact) mass is 732 g/mol. The van der Waals surface area contributed by atoms with E-state index in [-0.39, 0.29) is 33.8 Å². The Labute approximate surface area is 345 Å². The van der Waals surface area contributed by atoms with Gasteiger partial charge in [-0.1, -0.05) is 157 Å². The first-order chi connectivity index (χ1) is 34.4. The van der Waals surface area contributed by atoms with Crippen molar-refractivity contribution in [2.75, 3.05) is 0 Å². The Morgan fingerprint density at radius 3 is 1.88 bits per heavy atom. The molecule has 0 aliphatic carbocycles. The highest BCUT2D eigenvalue weighted by atomic mass is 16.3. The summed E-state index contributed by atoms with van der Waals surface area (Å²) in [5, 5.41) is 0.708.